The summed E-state index contributed by atoms with van der Waals surface area (Å²) >= 11 is 0.561. The fraction of sp³-hybridized carbons (Fsp3) is 0.375. The molecule has 1 unspecified atom stereocenters. The highest BCUT2D eigenvalue weighted by Gasteiger charge is 2.38. The third kappa shape index (κ3) is 1.96. The van der Waals surface area contributed by atoms with Gasteiger partial charge in [-0.15, -0.1) is 0 Å². The monoisotopic (exact) mass is 231 g/mol. The minimum Gasteiger partial charge on any atom is -0.869 e. The maximum absolute atomic E-state index is 11.2. The van der Waals surface area contributed by atoms with E-state index in [4.69, 9.17) is 0 Å². The Labute approximate surface area is 89.2 Å². The molecular weight excluding hydrogens is 224 g/mol. The van der Waals surface area contributed by atoms with Crippen molar-refractivity contribution in [2.24, 2.45) is 0 Å². The lowest BCUT2D eigenvalue weighted by Gasteiger charge is -2.06. The topological polar surface area (TPSA) is 92.7 Å². The number of hydrogen-bond donors (Lipinski definition) is 0. The number of carbonyl (C=O) groups is 3. The molecule has 0 fully saturated rings. The second-order valence-electron chi connectivity index (χ2n) is 2.54. The largest absolute Gasteiger partial charge is 0.869 e. The Morgan fingerprint density at radius 2 is 1.93 bits per heavy atom. The van der Waals surface area contributed by atoms with E-state index in [2.05, 4.69) is 9.47 Å². The summed E-state index contributed by atoms with van der Waals surface area (Å²) in [6.45, 7) is 0. The van der Waals surface area contributed by atoms with Gasteiger partial charge in [0.15, 0.2) is 11.0 Å². The summed E-state index contributed by atoms with van der Waals surface area (Å²) in [7, 11) is 2.18. The molecule has 0 saturated carbocycles. The maximum Gasteiger partial charge on any atom is 0.343 e. The van der Waals surface area contributed by atoms with Crippen molar-refractivity contribution >= 4 is 29.5 Å². The summed E-state index contributed by atoms with van der Waals surface area (Å²) in [4.78, 5) is 32.9. The van der Waals surface area contributed by atoms with Crippen LogP contribution in [-0.2, 0) is 23.9 Å². The number of carbonyl (C=O) groups excluding carboxylic acids is 3. The van der Waals surface area contributed by atoms with Crippen LogP contribution in [0.15, 0.2) is 10.7 Å². The van der Waals surface area contributed by atoms with Gasteiger partial charge in [-0.25, -0.2) is 4.79 Å². The fourth-order valence-electron chi connectivity index (χ4n) is 0.952. The highest BCUT2D eigenvalue weighted by molar-refractivity contribution is 8.06. The molecule has 0 aliphatic carbocycles. The molecule has 0 spiro atoms. The van der Waals surface area contributed by atoms with Crippen molar-refractivity contribution in [1.82, 2.24) is 0 Å². The van der Waals surface area contributed by atoms with Crippen molar-refractivity contribution in [2.45, 2.75) is 5.25 Å². The van der Waals surface area contributed by atoms with Crippen LogP contribution < -0.4 is 5.11 Å². The van der Waals surface area contributed by atoms with Gasteiger partial charge in [0, 0.05) is 0 Å². The molecular formula is C8H7O6S-. The van der Waals surface area contributed by atoms with Crippen LogP contribution in [-0.4, -0.2) is 37.2 Å². The van der Waals surface area contributed by atoms with Crippen LogP contribution >= 0.6 is 11.8 Å². The summed E-state index contributed by atoms with van der Waals surface area (Å²) < 4.78 is 8.61. The van der Waals surface area contributed by atoms with Gasteiger partial charge in [0.25, 0.3) is 0 Å². The highest BCUT2D eigenvalue weighted by atomic mass is 32.2. The number of ketones is 1. The average molecular weight is 231 g/mol. The van der Waals surface area contributed by atoms with Crippen molar-refractivity contribution in [3.63, 3.8) is 0 Å². The first-order chi connectivity index (χ1) is 7.02. The molecule has 0 aromatic heterocycles. The number of methoxy groups -OCH3 is 2. The number of thioether (sulfide) groups is 1. The molecule has 0 saturated heterocycles. The lowest BCUT2D eigenvalue weighted by molar-refractivity contribution is -0.298. The second-order valence-corrected chi connectivity index (χ2v) is 3.65. The quantitative estimate of drug-likeness (QED) is 0.425. The molecule has 1 rings (SSSR count). The first kappa shape index (κ1) is 11.6. The predicted molar refractivity (Wildman–Crippen MR) is 47.4 cm³/mol. The SMILES string of the molecule is COC(=O)C1=C([O-])C(=O)C(C(=O)OC)S1. The molecule has 6 nitrogen and oxygen atoms in total. The van der Waals surface area contributed by atoms with E-state index in [0.29, 0.717) is 11.8 Å². The van der Waals surface area contributed by atoms with Crippen molar-refractivity contribution in [3.8, 4) is 0 Å². The van der Waals surface area contributed by atoms with Gasteiger partial charge in [0.1, 0.15) is 0 Å². The van der Waals surface area contributed by atoms with Crippen LogP contribution in [0.3, 0.4) is 0 Å². The van der Waals surface area contributed by atoms with Crippen LogP contribution in [0.2, 0.25) is 0 Å². The van der Waals surface area contributed by atoms with E-state index >= 15 is 0 Å². The van der Waals surface area contributed by atoms with Crippen LogP contribution in [0.5, 0.6) is 0 Å². The van der Waals surface area contributed by atoms with Gasteiger partial charge in [0.2, 0.25) is 0 Å². The highest BCUT2D eigenvalue weighted by Crippen LogP contribution is 2.34. The summed E-state index contributed by atoms with van der Waals surface area (Å²) in [6, 6.07) is 0. The molecule has 0 radical (unpaired) electrons. The molecule has 0 bridgehead atoms. The first-order valence-electron chi connectivity index (χ1n) is 3.81. The Morgan fingerprint density at radius 1 is 1.33 bits per heavy atom. The van der Waals surface area contributed by atoms with E-state index < -0.39 is 28.7 Å². The van der Waals surface area contributed by atoms with Crippen LogP contribution in [0.1, 0.15) is 0 Å². The van der Waals surface area contributed by atoms with Gasteiger partial charge in [-0.05, 0) is 5.76 Å². The Balaban J connectivity index is 2.92. The summed E-state index contributed by atoms with van der Waals surface area (Å²) in [5, 5.41) is 9.94. The summed E-state index contributed by atoms with van der Waals surface area (Å²) in [5.74, 6) is -3.71. The molecule has 7 heteroatoms. The Hall–Kier alpha value is -1.50. The van der Waals surface area contributed by atoms with Gasteiger partial charge in [0.05, 0.1) is 19.1 Å². The molecule has 15 heavy (non-hydrogen) atoms. The first-order valence-corrected chi connectivity index (χ1v) is 4.69. The van der Waals surface area contributed by atoms with Gasteiger partial charge < -0.3 is 14.6 Å². The maximum atomic E-state index is 11.2. The molecule has 82 valence electrons. The third-order valence-electron chi connectivity index (χ3n) is 1.69. The Morgan fingerprint density at radius 3 is 2.40 bits per heavy atom. The molecule has 1 aliphatic heterocycles. The van der Waals surface area contributed by atoms with E-state index in [0.717, 1.165) is 14.2 Å². The average Bonchev–Trinajstić information content (AvgIpc) is 2.54. The van der Waals surface area contributed by atoms with E-state index in [1.807, 2.05) is 0 Å². The van der Waals surface area contributed by atoms with Crippen LogP contribution in [0.4, 0.5) is 0 Å². The zero-order valence-electron chi connectivity index (χ0n) is 7.94. The Kier molecular flexibility index (Phi) is 3.35. The second kappa shape index (κ2) is 4.35. The molecule has 0 aromatic carbocycles. The van der Waals surface area contributed by atoms with E-state index in [-0.39, 0.29) is 4.91 Å². The smallest absolute Gasteiger partial charge is 0.343 e. The van der Waals surface area contributed by atoms with Crippen molar-refractivity contribution in [3.05, 3.63) is 10.7 Å². The predicted octanol–water partition coefficient (Wildman–Crippen LogP) is -1.41. The third-order valence-corrected chi connectivity index (χ3v) is 2.92. The van der Waals surface area contributed by atoms with E-state index in [1.165, 1.54) is 0 Å². The normalized spacial score (nSPS) is 20.4. The minimum atomic E-state index is -1.28. The van der Waals surface area contributed by atoms with Crippen LogP contribution in [0, 0.1) is 0 Å². The standard InChI is InChI=1S/C8H8O6S/c1-13-7(11)5-3(9)4(10)6(15-5)8(12)14-2/h5,10H,1-2H3/p-1. The van der Waals surface area contributed by atoms with Crippen molar-refractivity contribution in [2.75, 3.05) is 14.2 Å². The molecule has 0 amide bonds. The van der Waals surface area contributed by atoms with Crippen LogP contribution in [0.25, 0.3) is 0 Å². The fourth-order valence-corrected chi connectivity index (χ4v) is 1.98. The molecule has 1 heterocycles. The number of ether oxygens (including phenoxy) is 2. The summed E-state index contributed by atoms with van der Waals surface area (Å²) in [6.07, 6.45) is 0. The minimum absolute atomic E-state index is 0.377. The van der Waals surface area contributed by atoms with Gasteiger partial charge in [-0.2, -0.15) is 0 Å². The van der Waals surface area contributed by atoms with Gasteiger partial charge in [-0.1, -0.05) is 11.8 Å². The zero-order chi connectivity index (χ0) is 11.6. The lowest BCUT2D eigenvalue weighted by atomic mass is 10.2. The number of allylic oxidation sites excluding steroid dienone is 1. The molecule has 1 atom stereocenters. The molecule has 0 N–H and O–H groups in total. The number of Topliss-reactive ketones (excluding diaryl/α,β-unsaturated/α-hetero) is 1. The zero-order valence-corrected chi connectivity index (χ0v) is 8.75. The number of hydrogen-bond acceptors (Lipinski definition) is 7. The summed E-state index contributed by atoms with van der Waals surface area (Å²) in [5.41, 5.74) is 0. The molecule has 1 aliphatic rings. The number of esters is 2. The van der Waals surface area contributed by atoms with Crippen molar-refractivity contribution < 1.29 is 29.0 Å². The lowest BCUT2D eigenvalue weighted by Crippen LogP contribution is -2.28. The van der Waals surface area contributed by atoms with E-state index in [9.17, 15) is 19.5 Å². The Bertz CT molecular complexity index is 358. The van der Waals surface area contributed by atoms with E-state index in [1.54, 1.807) is 0 Å². The van der Waals surface area contributed by atoms with Crippen molar-refractivity contribution in [1.29, 1.82) is 0 Å². The number of rotatable bonds is 2. The molecule has 0 aromatic rings. The van der Waals surface area contributed by atoms with Gasteiger partial charge in [-0.3, -0.25) is 9.59 Å². The van der Waals surface area contributed by atoms with Gasteiger partial charge >= 0.3 is 11.9 Å².